The number of hydrogen-bond acceptors (Lipinski definition) is 8. The summed E-state index contributed by atoms with van der Waals surface area (Å²) in [5, 5.41) is 11.3. The van der Waals surface area contributed by atoms with Gasteiger partial charge in [-0.3, -0.25) is 33.7 Å². The van der Waals surface area contributed by atoms with Gasteiger partial charge in [-0.1, -0.05) is 74.1 Å². The largest absolute Gasteiger partial charge is 0.379 e. The van der Waals surface area contributed by atoms with Gasteiger partial charge in [0.15, 0.2) is 0 Å². The molecular formula is C38H60N6O8. The lowest BCUT2D eigenvalue weighted by molar-refractivity contribution is -0.153. The highest BCUT2D eigenvalue weighted by Crippen LogP contribution is 2.65. The van der Waals surface area contributed by atoms with Crippen molar-refractivity contribution >= 4 is 41.4 Å². The molecule has 2 saturated carbocycles. The van der Waals surface area contributed by atoms with E-state index >= 15 is 0 Å². The number of urea groups is 1. The van der Waals surface area contributed by atoms with Crippen LogP contribution in [0.15, 0.2) is 0 Å². The molecule has 0 aromatic heterocycles. The summed E-state index contributed by atoms with van der Waals surface area (Å²) >= 11 is 0. The Kier molecular flexibility index (Phi) is 11.8. The summed E-state index contributed by atoms with van der Waals surface area (Å²) in [6.45, 7) is 14.1. The molecule has 14 nitrogen and oxygen atoms in total. The molecule has 0 aromatic rings. The van der Waals surface area contributed by atoms with E-state index in [9.17, 15) is 33.6 Å². The molecule has 0 spiro atoms. The van der Waals surface area contributed by atoms with Gasteiger partial charge in [-0.2, -0.15) is 0 Å². The highest BCUT2D eigenvalue weighted by Gasteiger charge is 2.69. The predicted molar refractivity (Wildman–Crippen MR) is 191 cm³/mol. The number of piperidine rings is 2. The number of Topliss-reactive ketones (excluding diaryl/α,β-unsaturated/α-hetero) is 1. The van der Waals surface area contributed by atoms with Crippen LogP contribution in [0.5, 0.6) is 0 Å². The average molecular weight is 729 g/mol. The Hall–Kier alpha value is -3.55. The molecule has 52 heavy (non-hydrogen) atoms. The fourth-order valence-corrected chi connectivity index (χ4v) is 8.13. The second kappa shape index (κ2) is 15.4. The average Bonchev–Trinajstić information content (AvgIpc) is 3.89. The molecule has 0 bridgehead atoms. The van der Waals surface area contributed by atoms with Gasteiger partial charge in [-0.05, 0) is 53.8 Å². The number of ether oxygens (including phenoxy) is 1. The molecule has 290 valence electrons. The van der Waals surface area contributed by atoms with Crippen molar-refractivity contribution in [1.29, 1.82) is 0 Å². The quantitative estimate of drug-likeness (QED) is 0.228. The van der Waals surface area contributed by atoms with Crippen LogP contribution in [0, 0.1) is 28.1 Å². The van der Waals surface area contributed by atoms with Gasteiger partial charge in [-0.15, -0.1) is 0 Å². The van der Waals surface area contributed by atoms with Crippen LogP contribution in [-0.4, -0.2) is 108 Å². The highest BCUT2D eigenvalue weighted by atomic mass is 16.5. The zero-order valence-electron chi connectivity index (χ0n) is 32.1. The number of ketones is 1. The number of rotatable bonds is 7. The van der Waals surface area contributed by atoms with Gasteiger partial charge in [0, 0.05) is 38.6 Å². The van der Waals surface area contributed by atoms with E-state index in [-0.39, 0.29) is 61.1 Å². The van der Waals surface area contributed by atoms with Crippen LogP contribution in [-0.2, 0) is 33.5 Å². The molecule has 3 aliphatic heterocycles. The summed E-state index contributed by atoms with van der Waals surface area (Å²) < 4.78 is 5.95. The summed E-state index contributed by atoms with van der Waals surface area (Å²) in [7, 11) is 0. The molecule has 0 unspecified atom stereocenters. The fraction of sp³-hybridized carbons (Fsp3) is 0.816. The molecular weight excluding hydrogens is 668 g/mol. The SMILES string of the molecule is CC1(C)CC(=O)N(C[C@@H](NC(=O)N[C@@H]2COCCCCCCC[C@H](C(=O)C(=O)NC3CC3)NC(=O)[C@@H]3[C@@H]4[C@H](CN3C2=O)C4(C)C)C(C)(C)C)C(=O)C1. The lowest BCUT2D eigenvalue weighted by Crippen LogP contribution is -2.61. The van der Waals surface area contributed by atoms with Crippen LogP contribution in [0.4, 0.5) is 4.79 Å². The fourth-order valence-electron chi connectivity index (χ4n) is 8.13. The van der Waals surface area contributed by atoms with Crippen molar-refractivity contribution in [2.24, 2.45) is 28.1 Å². The standard InChI is InChI=1S/C38H60N6O8/c1-36(2,3)26(20-43-27(45)17-37(4,5)18-28(43)46)42-35(51)41-25-21-52-16-12-10-8-9-11-13-24(31(47)33(49)39-22-14-15-22)40-32(48)30-29-23(38(29,6)7)19-44(30)34(25)50/h22-26,29-30H,8-21H2,1-7H3,(H,39,49)(H,40,48)(H2,41,42,51)/t23-,24+,25+,26+,29-,30-/m0/s1. The summed E-state index contributed by atoms with van der Waals surface area (Å²) in [6.07, 6.45) is 6.38. The number of likely N-dealkylation sites (tertiary alicyclic amines) is 1. The maximum Gasteiger partial charge on any atom is 0.315 e. The van der Waals surface area contributed by atoms with Crippen molar-refractivity contribution in [3.05, 3.63) is 0 Å². The number of fused-ring (bicyclic) bond motifs is 3. The molecule has 4 N–H and O–H groups in total. The Balaban J connectivity index is 1.33. The van der Waals surface area contributed by atoms with Gasteiger partial charge >= 0.3 is 6.03 Å². The van der Waals surface area contributed by atoms with Crippen LogP contribution in [0.2, 0.25) is 0 Å². The summed E-state index contributed by atoms with van der Waals surface area (Å²) in [5.74, 6) is -2.99. The topological polar surface area (TPSA) is 183 Å². The van der Waals surface area contributed by atoms with E-state index in [0.717, 1.165) is 38.5 Å². The molecule has 0 radical (unpaired) electrons. The number of nitrogens with one attached hydrogen (secondary N) is 4. The maximum absolute atomic E-state index is 14.4. The summed E-state index contributed by atoms with van der Waals surface area (Å²) in [5.41, 5.74) is -1.20. The van der Waals surface area contributed by atoms with Crippen molar-refractivity contribution in [3.63, 3.8) is 0 Å². The Morgan fingerprint density at radius 2 is 1.54 bits per heavy atom. The van der Waals surface area contributed by atoms with Crippen LogP contribution in [0.3, 0.4) is 0 Å². The highest BCUT2D eigenvalue weighted by molar-refractivity contribution is 6.38. The van der Waals surface area contributed by atoms with Crippen molar-refractivity contribution in [1.82, 2.24) is 31.1 Å². The van der Waals surface area contributed by atoms with Crippen molar-refractivity contribution < 1.29 is 38.3 Å². The smallest absolute Gasteiger partial charge is 0.315 e. The molecule has 7 amide bonds. The van der Waals surface area contributed by atoms with E-state index in [2.05, 4.69) is 35.1 Å². The Morgan fingerprint density at radius 1 is 0.904 bits per heavy atom. The number of carbonyl (C=O) groups is 7. The van der Waals surface area contributed by atoms with Gasteiger partial charge < -0.3 is 30.9 Å². The first kappa shape index (κ1) is 39.7. The van der Waals surface area contributed by atoms with Gasteiger partial charge in [0.2, 0.25) is 29.4 Å². The molecule has 5 fully saturated rings. The lowest BCUT2D eigenvalue weighted by Gasteiger charge is -2.40. The maximum atomic E-state index is 14.4. The van der Waals surface area contributed by atoms with Gasteiger partial charge in [0.1, 0.15) is 12.1 Å². The Labute approximate surface area is 307 Å². The number of imide groups is 1. The lowest BCUT2D eigenvalue weighted by atomic mass is 9.80. The van der Waals surface area contributed by atoms with Crippen LogP contribution in [0.25, 0.3) is 0 Å². The zero-order chi connectivity index (χ0) is 38.2. The van der Waals surface area contributed by atoms with E-state index in [0.29, 0.717) is 26.0 Å². The van der Waals surface area contributed by atoms with Crippen LogP contribution < -0.4 is 21.3 Å². The zero-order valence-corrected chi connectivity index (χ0v) is 32.1. The molecule has 3 saturated heterocycles. The summed E-state index contributed by atoms with van der Waals surface area (Å²) in [4.78, 5) is 97.0. The van der Waals surface area contributed by atoms with E-state index in [1.165, 1.54) is 9.80 Å². The molecule has 5 aliphatic rings. The Morgan fingerprint density at radius 3 is 2.17 bits per heavy atom. The third-order valence-electron chi connectivity index (χ3n) is 11.8. The second-order valence-corrected chi connectivity index (χ2v) is 18.2. The summed E-state index contributed by atoms with van der Waals surface area (Å²) in [6, 6.07) is -4.32. The minimum absolute atomic E-state index is 0.000924. The minimum atomic E-state index is -1.13. The normalized spacial score (nSPS) is 30.4. The minimum Gasteiger partial charge on any atom is -0.379 e. The van der Waals surface area contributed by atoms with E-state index in [1.807, 2.05) is 34.6 Å². The molecule has 6 atom stereocenters. The van der Waals surface area contributed by atoms with Crippen LogP contribution >= 0.6 is 0 Å². The predicted octanol–water partition coefficient (Wildman–Crippen LogP) is 2.43. The van der Waals surface area contributed by atoms with Crippen molar-refractivity contribution in [3.8, 4) is 0 Å². The number of carbonyl (C=O) groups excluding carboxylic acids is 7. The van der Waals surface area contributed by atoms with Gasteiger partial charge in [0.25, 0.3) is 5.91 Å². The van der Waals surface area contributed by atoms with Crippen molar-refractivity contribution in [2.75, 3.05) is 26.3 Å². The number of hydrogen-bond donors (Lipinski definition) is 4. The van der Waals surface area contributed by atoms with Crippen molar-refractivity contribution in [2.45, 2.75) is 143 Å². The van der Waals surface area contributed by atoms with Gasteiger partial charge in [-0.25, -0.2) is 4.79 Å². The molecule has 5 rings (SSSR count). The first-order valence-corrected chi connectivity index (χ1v) is 19.2. The number of amides is 7. The molecule has 3 heterocycles. The first-order valence-electron chi connectivity index (χ1n) is 19.2. The third-order valence-corrected chi connectivity index (χ3v) is 11.8. The van der Waals surface area contributed by atoms with E-state index < -0.39 is 64.5 Å². The molecule has 0 aromatic carbocycles. The third kappa shape index (κ3) is 9.32. The molecule has 2 aliphatic carbocycles. The van der Waals surface area contributed by atoms with E-state index in [1.54, 1.807) is 0 Å². The second-order valence-electron chi connectivity index (χ2n) is 18.2. The molecule has 14 heteroatoms. The van der Waals surface area contributed by atoms with E-state index in [4.69, 9.17) is 4.74 Å². The van der Waals surface area contributed by atoms with Gasteiger partial charge in [0.05, 0.1) is 18.7 Å². The Bertz CT molecular complexity index is 1410. The first-order chi connectivity index (χ1) is 24.3. The monoisotopic (exact) mass is 728 g/mol. The van der Waals surface area contributed by atoms with Crippen LogP contribution in [0.1, 0.15) is 113 Å². The number of nitrogens with zero attached hydrogens (tertiary/aromatic N) is 2.